The van der Waals surface area contributed by atoms with Gasteiger partial charge in [-0.2, -0.15) is 5.10 Å². The number of fused-ring (bicyclic) bond motifs is 1. The lowest BCUT2D eigenvalue weighted by Crippen LogP contribution is -2.54. The number of piperazine rings is 1. The fourth-order valence-electron chi connectivity index (χ4n) is 7.49. The summed E-state index contributed by atoms with van der Waals surface area (Å²) in [5, 5.41) is 9.85. The lowest BCUT2D eigenvalue weighted by atomic mass is 9.87. The second-order valence-electron chi connectivity index (χ2n) is 13.3. The third-order valence-electron chi connectivity index (χ3n) is 10.1. The molecule has 3 fully saturated rings. The number of amides is 5. The molecule has 15 heteroatoms. The van der Waals surface area contributed by atoms with Gasteiger partial charge in [0, 0.05) is 64.3 Å². The van der Waals surface area contributed by atoms with Crippen molar-refractivity contribution in [3.8, 4) is 0 Å². The van der Waals surface area contributed by atoms with Crippen molar-refractivity contribution in [1.82, 2.24) is 29.8 Å². The van der Waals surface area contributed by atoms with Crippen LogP contribution in [0, 0.1) is 0 Å². The summed E-state index contributed by atoms with van der Waals surface area (Å²) in [5.74, 6) is -2.00. The Morgan fingerprint density at radius 1 is 0.940 bits per heavy atom. The van der Waals surface area contributed by atoms with Gasteiger partial charge in [-0.3, -0.25) is 39.0 Å². The minimum atomic E-state index is -1.03. The lowest BCUT2D eigenvalue weighted by molar-refractivity contribution is -0.136. The van der Waals surface area contributed by atoms with E-state index in [-0.39, 0.29) is 47.4 Å². The molecule has 3 atom stereocenters. The first-order chi connectivity index (χ1) is 24.0. The summed E-state index contributed by atoms with van der Waals surface area (Å²) in [4.78, 5) is 83.9. The van der Waals surface area contributed by atoms with Crippen LogP contribution in [0.15, 0.2) is 57.9 Å². The molecule has 4 aliphatic heterocycles. The molecule has 4 aliphatic rings. The maximum Gasteiger partial charge on any atom is 0.282 e. The standard InChI is InChI=1S/C35H37BrN8O6/c1-40-18-22(16-23(19-40)38-25-17-37-41(2)35(50)30(25)36)20-6-8-21(9-7-20)32(47)43-14-12-42(13-15-43)26-5-3-4-24-29(26)34(49)44(33(24)48)27-10-11-28(45)39-31(27)46/h3-9,17,22-23,27,38H,10-16,18-19H2,1-2H3,(H,39,45,46). The maximum absolute atomic E-state index is 13.6. The van der Waals surface area contributed by atoms with Gasteiger partial charge in [0.2, 0.25) is 11.8 Å². The number of benzene rings is 2. The smallest absolute Gasteiger partial charge is 0.282 e. The first-order valence-corrected chi connectivity index (χ1v) is 17.4. The third kappa shape index (κ3) is 6.19. The van der Waals surface area contributed by atoms with Gasteiger partial charge >= 0.3 is 0 Å². The quantitative estimate of drug-likeness (QED) is 0.357. The van der Waals surface area contributed by atoms with Gasteiger partial charge in [0.15, 0.2) is 0 Å². The van der Waals surface area contributed by atoms with Crippen molar-refractivity contribution >= 4 is 56.8 Å². The van der Waals surface area contributed by atoms with Crippen LogP contribution in [-0.4, -0.2) is 112 Å². The number of imide groups is 2. The van der Waals surface area contributed by atoms with E-state index in [4.69, 9.17) is 0 Å². The minimum Gasteiger partial charge on any atom is -0.379 e. The van der Waals surface area contributed by atoms with E-state index in [0.29, 0.717) is 47.6 Å². The second kappa shape index (κ2) is 13.4. The first-order valence-electron chi connectivity index (χ1n) is 16.7. The zero-order valence-corrected chi connectivity index (χ0v) is 29.3. The van der Waals surface area contributed by atoms with Gasteiger partial charge in [-0.25, -0.2) is 4.68 Å². The Morgan fingerprint density at radius 3 is 2.40 bits per heavy atom. The first kappa shape index (κ1) is 33.6. The zero-order chi connectivity index (χ0) is 35.3. The summed E-state index contributed by atoms with van der Waals surface area (Å²) < 4.78 is 1.74. The van der Waals surface area contributed by atoms with Gasteiger partial charge in [0.1, 0.15) is 10.5 Å². The highest BCUT2D eigenvalue weighted by Crippen LogP contribution is 2.35. The number of nitrogens with zero attached hydrogens (tertiary/aromatic N) is 6. The van der Waals surface area contributed by atoms with E-state index in [1.54, 1.807) is 36.3 Å². The highest BCUT2D eigenvalue weighted by molar-refractivity contribution is 9.10. The van der Waals surface area contributed by atoms with E-state index in [2.05, 4.69) is 43.6 Å². The molecule has 3 saturated heterocycles. The third-order valence-corrected chi connectivity index (χ3v) is 10.8. The molecule has 0 spiro atoms. The highest BCUT2D eigenvalue weighted by atomic mass is 79.9. The largest absolute Gasteiger partial charge is 0.379 e. The van der Waals surface area contributed by atoms with Crippen LogP contribution >= 0.6 is 15.9 Å². The van der Waals surface area contributed by atoms with Crippen molar-refractivity contribution in [2.75, 3.05) is 56.5 Å². The van der Waals surface area contributed by atoms with E-state index in [1.807, 2.05) is 29.2 Å². The molecule has 50 heavy (non-hydrogen) atoms. The second-order valence-corrected chi connectivity index (χ2v) is 14.1. The number of aromatic nitrogens is 2. The molecule has 5 amide bonds. The number of hydrogen-bond acceptors (Lipinski definition) is 10. The van der Waals surface area contributed by atoms with E-state index in [0.717, 1.165) is 30.0 Å². The predicted octanol–water partition coefficient (Wildman–Crippen LogP) is 1.81. The van der Waals surface area contributed by atoms with Gasteiger partial charge in [-0.15, -0.1) is 0 Å². The number of aryl methyl sites for hydroxylation is 1. The van der Waals surface area contributed by atoms with Crippen LogP contribution in [0.5, 0.6) is 0 Å². The Morgan fingerprint density at radius 2 is 1.68 bits per heavy atom. The number of halogens is 1. The van der Waals surface area contributed by atoms with Crippen molar-refractivity contribution < 1.29 is 24.0 Å². The molecule has 3 unspecified atom stereocenters. The average Bonchev–Trinajstić information content (AvgIpc) is 3.37. The number of piperidine rings is 2. The predicted molar refractivity (Wildman–Crippen MR) is 187 cm³/mol. The Hall–Kier alpha value is -4.89. The van der Waals surface area contributed by atoms with Gasteiger partial charge in [-0.05, 0) is 71.6 Å². The van der Waals surface area contributed by atoms with E-state index >= 15 is 0 Å². The maximum atomic E-state index is 13.6. The fourth-order valence-corrected chi connectivity index (χ4v) is 7.96. The lowest BCUT2D eigenvalue weighted by Gasteiger charge is -2.37. The van der Waals surface area contributed by atoms with Crippen molar-refractivity contribution in [1.29, 1.82) is 0 Å². The Kier molecular flexibility index (Phi) is 9.03. The van der Waals surface area contributed by atoms with Crippen LogP contribution in [0.1, 0.15) is 61.8 Å². The SMILES string of the molecule is CN1CC(Nc2cnn(C)c(=O)c2Br)CC(c2ccc(C(=O)N3CCN(c4cccc5c4C(=O)N(C4CCC(=O)NC4=O)C5=O)CC3)cc2)C1. The minimum absolute atomic E-state index is 0.0562. The van der Waals surface area contributed by atoms with E-state index in [1.165, 1.54) is 4.68 Å². The Bertz CT molecular complexity index is 1960. The van der Waals surface area contributed by atoms with Crippen LogP contribution in [0.2, 0.25) is 0 Å². The summed E-state index contributed by atoms with van der Waals surface area (Å²) in [6.45, 7) is 3.46. The number of rotatable bonds is 6. The Balaban J connectivity index is 0.985. The number of hydrogen-bond donors (Lipinski definition) is 2. The van der Waals surface area contributed by atoms with Crippen molar-refractivity contribution in [3.05, 3.63) is 85.7 Å². The molecule has 260 valence electrons. The summed E-state index contributed by atoms with van der Waals surface area (Å²) in [5.41, 5.74) is 3.27. The molecule has 5 heterocycles. The number of likely N-dealkylation sites (tertiary alicyclic amines) is 1. The summed E-state index contributed by atoms with van der Waals surface area (Å²) in [6, 6.07) is 11.9. The van der Waals surface area contributed by atoms with Crippen molar-refractivity contribution in [2.24, 2.45) is 7.05 Å². The molecule has 0 bridgehead atoms. The van der Waals surface area contributed by atoms with Crippen LogP contribution in [0.25, 0.3) is 0 Å². The van der Waals surface area contributed by atoms with E-state index < -0.39 is 29.7 Å². The molecule has 7 rings (SSSR count). The molecule has 3 aromatic rings. The number of anilines is 2. The molecule has 14 nitrogen and oxygen atoms in total. The molecule has 2 N–H and O–H groups in total. The molecule has 0 saturated carbocycles. The number of nitrogens with one attached hydrogen (secondary N) is 2. The van der Waals surface area contributed by atoms with Crippen LogP contribution < -0.4 is 21.1 Å². The van der Waals surface area contributed by atoms with Gasteiger partial charge in [0.05, 0.1) is 28.7 Å². The normalized spacial score (nSPS) is 22.9. The average molecular weight is 746 g/mol. The summed E-state index contributed by atoms with van der Waals surface area (Å²) in [6.07, 6.45) is 2.65. The van der Waals surface area contributed by atoms with Crippen LogP contribution in [-0.2, 0) is 16.6 Å². The molecule has 0 aliphatic carbocycles. The number of carbonyl (C=O) groups excluding carboxylic acids is 5. The monoisotopic (exact) mass is 744 g/mol. The highest BCUT2D eigenvalue weighted by Gasteiger charge is 2.46. The molecule has 1 aromatic heterocycles. The fraction of sp³-hybridized carbons (Fsp3) is 0.400. The number of carbonyl (C=O) groups is 5. The van der Waals surface area contributed by atoms with Gasteiger partial charge in [-0.1, -0.05) is 18.2 Å². The van der Waals surface area contributed by atoms with Crippen molar-refractivity contribution in [3.63, 3.8) is 0 Å². The number of likely N-dealkylation sites (N-methyl/N-ethyl adjacent to an activating group) is 1. The van der Waals surface area contributed by atoms with Gasteiger partial charge in [0.25, 0.3) is 23.3 Å². The van der Waals surface area contributed by atoms with Crippen LogP contribution in [0.3, 0.4) is 0 Å². The summed E-state index contributed by atoms with van der Waals surface area (Å²) in [7, 11) is 3.68. The Labute approximate surface area is 296 Å². The molecule has 0 radical (unpaired) electrons. The molecule has 2 aromatic carbocycles. The van der Waals surface area contributed by atoms with Crippen molar-refractivity contribution in [2.45, 2.75) is 37.3 Å². The molecular formula is C35H37BrN8O6. The van der Waals surface area contributed by atoms with Crippen LogP contribution in [0.4, 0.5) is 11.4 Å². The zero-order valence-electron chi connectivity index (χ0n) is 27.7. The topological polar surface area (TPSA) is 157 Å². The molecular weight excluding hydrogens is 708 g/mol. The van der Waals surface area contributed by atoms with E-state index in [9.17, 15) is 28.8 Å². The van der Waals surface area contributed by atoms with Gasteiger partial charge < -0.3 is 20.0 Å². The summed E-state index contributed by atoms with van der Waals surface area (Å²) >= 11 is 3.40.